The van der Waals surface area contributed by atoms with E-state index < -0.39 is 6.10 Å². The molecule has 2 aromatic rings. The smallest absolute Gasteiger partial charge is 0.248 e. The van der Waals surface area contributed by atoms with Gasteiger partial charge in [0.1, 0.15) is 6.10 Å². The number of rotatable bonds is 10. The number of methoxy groups -OCH3 is 1. The Bertz CT molecular complexity index is 716. The normalized spacial score (nSPS) is 11.9. The summed E-state index contributed by atoms with van der Waals surface area (Å²) in [5.74, 6) is 1.05. The molecule has 0 fully saturated rings. The zero-order valence-corrected chi connectivity index (χ0v) is 16.3. The molecule has 1 amide bonds. The first-order valence-corrected chi connectivity index (χ1v) is 9.33. The summed E-state index contributed by atoms with van der Waals surface area (Å²) in [7, 11) is 1.61. The second kappa shape index (κ2) is 10.6. The Morgan fingerprint density at radius 3 is 2.44 bits per heavy atom. The molecule has 1 atom stereocenters. The highest BCUT2D eigenvalue weighted by Crippen LogP contribution is 2.29. The second-order valence-corrected chi connectivity index (χ2v) is 6.73. The van der Waals surface area contributed by atoms with E-state index in [4.69, 9.17) is 9.47 Å². The minimum atomic E-state index is -0.999. The molecule has 0 saturated heterocycles. The van der Waals surface area contributed by atoms with Crippen molar-refractivity contribution in [1.82, 2.24) is 5.32 Å². The highest BCUT2D eigenvalue weighted by atomic mass is 16.5. The zero-order valence-electron chi connectivity index (χ0n) is 16.3. The number of ether oxygens (including phenoxy) is 2. The van der Waals surface area contributed by atoms with E-state index in [0.717, 1.165) is 11.1 Å². The summed E-state index contributed by atoms with van der Waals surface area (Å²) in [5, 5.41) is 12.8. The Morgan fingerprint density at radius 2 is 1.78 bits per heavy atom. The molecule has 0 aliphatic heterocycles. The summed E-state index contributed by atoms with van der Waals surface area (Å²) in [4.78, 5) is 12.0. The molecule has 2 rings (SSSR count). The Labute approximate surface area is 161 Å². The molecule has 0 aliphatic rings. The van der Waals surface area contributed by atoms with E-state index in [-0.39, 0.29) is 12.0 Å². The van der Waals surface area contributed by atoms with Crippen LogP contribution in [0.4, 0.5) is 0 Å². The van der Waals surface area contributed by atoms with E-state index >= 15 is 0 Å². The number of hydrogen-bond acceptors (Lipinski definition) is 4. The number of amides is 1. The largest absolute Gasteiger partial charge is 0.493 e. The summed E-state index contributed by atoms with van der Waals surface area (Å²) in [5.41, 5.74) is 2.14. The van der Waals surface area contributed by atoms with Crippen LogP contribution in [0.25, 0.3) is 0 Å². The van der Waals surface area contributed by atoms with Crippen molar-refractivity contribution in [2.24, 2.45) is 0 Å². The van der Waals surface area contributed by atoms with E-state index in [0.29, 0.717) is 37.3 Å². The van der Waals surface area contributed by atoms with Crippen LogP contribution in [0.1, 0.15) is 31.4 Å². The van der Waals surface area contributed by atoms with Crippen LogP contribution >= 0.6 is 0 Å². The van der Waals surface area contributed by atoms with Crippen molar-refractivity contribution in [3.8, 4) is 11.5 Å². The number of aryl methyl sites for hydroxylation is 1. The van der Waals surface area contributed by atoms with Gasteiger partial charge in [-0.2, -0.15) is 0 Å². The first kappa shape index (κ1) is 20.8. The number of hydrogen-bond donors (Lipinski definition) is 2. The van der Waals surface area contributed by atoms with Gasteiger partial charge in [-0.25, -0.2) is 0 Å². The van der Waals surface area contributed by atoms with Crippen LogP contribution in [0, 0.1) is 0 Å². The van der Waals surface area contributed by atoms with Gasteiger partial charge in [0.25, 0.3) is 0 Å². The van der Waals surface area contributed by atoms with Gasteiger partial charge in [0.2, 0.25) is 5.91 Å². The van der Waals surface area contributed by atoms with Gasteiger partial charge in [0.15, 0.2) is 11.5 Å². The minimum absolute atomic E-state index is 0.0708. The lowest BCUT2D eigenvalue weighted by Gasteiger charge is -2.15. The molecule has 2 N–H and O–H groups in total. The Hall–Kier alpha value is -2.53. The topological polar surface area (TPSA) is 67.8 Å². The van der Waals surface area contributed by atoms with Crippen molar-refractivity contribution in [1.29, 1.82) is 0 Å². The molecule has 0 aliphatic carbocycles. The molecule has 5 nitrogen and oxygen atoms in total. The molecule has 0 heterocycles. The van der Waals surface area contributed by atoms with E-state index in [1.165, 1.54) is 0 Å². The lowest BCUT2D eigenvalue weighted by atomic mass is 10.1. The molecular weight excluding hydrogens is 342 g/mol. The van der Waals surface area contributed by atoms with Crippen molar-refractivity contribution in [2.75, 3.05) is 13.7 Å². The average Bonchev–Trinajstić information content (AvgIpc) is 2.67. The number of aliphatic hydroxyl groups excluding tert-OH is 1. The molecule has 0 spiro atoms. The van der Waals surface area contributed by atoms with Crippen molar-refractivity contribution in [2.45, 2.75) is 45.3 Å². The van der Waals surface area contributed by atoms with Crippen molar-refractivity contribution < 1.29 is 19.4 Å². The zero-order chi connectivity index (χ0) is 19.6. The summed E-state index contributed by atoms with van der Waals surface area (Å²) < 4.78 is 11.1. The molecule has 0 unspecified atom stereocenters. The number of benzene rings is 2. The van der Waals surface area contributed by atoms with Crippen LogP contribution in [0.15, 0.2) is 48.5 Å². The number of nitrogens with one attached hydrogen (secondary N) is 1. The van der Waals surface area contributed by atoms with Crippen LogP contribution in [-0.2, 0) is 17.6 Å². The van der Waals surface area contributed by atoms with E-state index in [1.54, 1.807) is 7.11 Å². The molecule has 146 valence electrons. The average molecular weight is 371 g/mol. The first-order chi connectivity index (χ1) is 13.0. The quantitative estimate of drug-likeness (QED) is 0.673. The lowest BCUT2D eigenvalue weighted by Crippen LogP contribution is -2.36. The molecule has 0 aromatic heterocycles. The highest BCUT2D eigenvalue weighted by Gasteiger charge is 2.14. The van der Waals surface area contributed by atoms with Crippen molar-refractivity contribution in [3.05, 3.63) is 59.7 Å². The van der Waals surface area contributed by atoms with Crippen LogP contribution < -0.4 is 14.8 Å². The monoisotopic (exact) mass is 371 g/mol. The first-order valence-electron chi connectivity index (χ1n) is 9.33. The minimum Gasteiger partial charge on any atom is -0.493 e. The van der Waals surface area contributed by atoms with Gasteiger partial charge in [0, 0.05) is 6.54 Å². The van der Waals surface area contributed by atoms with Crippen LogP contribution in [0.2, 0.25) is 0 Å². The van der Waals surface area contributed by atoms with Crippen molar-refractivity contribution in [3.63, 3.8) is 0 Å². The van der Waals surface area contributed by atoms with Gasteiger partial charge in [-0.3, -0.25) is 4.79 Å². The lowest BCUT2D eigenvalue weighted by molar-refractivity contribution is -0.129. The molecular formula is C22H29NO4. The number of carbonyl (C=O) groups excluding carboxylic acids is 1. The maximum Gasteiger partial charge on any atom is 0.248 e. The Morgan fingerprint density at radius 1 is 1.04 bits per heavy atom. The molecule has 5 heteroatoms. The summed E-state index contributed by atoms with van der Waals surface area (Å²) >= 11 is 0. The fourth-order valence-electron chi connectivity index (χ4n) is 2.75. The van der Waals surface area contributed by atoms with E-state index in [1.807, 2.05) is 62.4 Å². The molecule has 0 radical (unpaired) electrons. The fourth-order valence-corrected chi connectivity index (χ4v) is 2.75. The number of aliphatic hydroxyl groups is 1. The molecule has 2 aromatic carbocycles. The van der Waals surface area contributed by atoms with Gasteiger partial charge >= 0.3 is 0 Å². The van der Waals surface area contributed by atoms with Crippen molar-refractivity contribution >= 4 is 5.91 Å². The molecule has 27 heavy (non-hydrogen) atoms. The van der Waals surface area contributed by atoms with Gasteiger partial charge in [-0.05, 0) is 56.4 Å². The Kier molecular flexibility index (Phi) is 8.14. The summed E-state index contributed by atoms with van der Waals surface area (Å²) in [6.07, 6.45) is 0.799. The van der Waals surface area contributed by atoms with Crippen LogP contribution in [0.5, 0.6) is 11.5 Å². The third-order valence-electron chi connectivity index (χ3n) is 4.16. The SMILES string of the molecule is COc1cc(CCNC(=O)[C@H](O)CCc2ccccc2)ccc1OC(C)C. The Balaban J connectivity index is 1.78. The van der Waals surface area contributed by atoms with Crippen LogP contribution in [0.3, 0.4) is 0 Å². The molecule has 0 bridgehead atoms. The van der Waals surface area contributed by atoms with Gasteiger partial charge in [0.05, 0.1) is 13.2 Å². The summed E-state index contributed by atoms with van der Waals surface area (Å²) in [6, 6.07) is 15.6. The van der Waals surface area contributed by atoms with E-state index in [9.17, 15) is 9.90 Å². The van der Waals surface area contributed by atoms with Gasteiger partial charge in [-0.15, -0.1) is 0 Å². The predicted molar refractivity (Wildman–Crippen MR) is 106 cm³/mol. The standard InChI is InChI=1S/C22H29NO4/c1-16(2)27-20-12-10-18(15-21(20)26-3)13-14-23-22(25)19(24)11-9-17-7-5-4-6-8-17/h4-8,10,12,15-16,19,24H,9,11,13-14H2,1-3H3,(H,23,25)/t19-/m1/s1. The van der Waals surface area contributed by atoms with Crippen LogP contribution in [-0.4, -0.2) is 36.9 Å². The molecule has 0 saturated carbocycles. The third-order valence-corrected chi connectivity index (χ3v) is 4.16. The maximum absolute atomic E-state index is 12.0. The third kappa shape index (κ3) is 6.94. The maximum atomic E-state index is 12.0. The fraction of sp³-hybridized carbons (Fsp3) is 0.409. The predicted octanol–water partition coefficient (Wildman–Crippen LogP) is 3.13. The summed E-state index contributed by atoms with van der Waals surface area (Å²) in [6.45, 7) is 4.38. The second-order valence-electron chi connectivity index (χ2n) is 6.73. The van der Waals surface area contributed by atoms with E-state index in [2.05, 4.69) is 5.32 Å². The number of carbonyl (C=O) groups is 1. The highest BCUT2D eigenvalue weighted by molar-refractivity contribution is 5.80. The van der Waals surface area contributed by atoms with Gasteiger partial charge in [-0.1, -0.05) is 36.4 Å². The van der Waals surface area contributed by atoms with Gasteiger partial charge < -0.3 is 19.9 Å².